The Hall–Kier alpha value is -0.970. The number of nitrogens with one attached hydrogen (secondary N) is 1. The van der Waals surface area contributed by atoms with Crippen LogP contribution in [-0.4, -0.2) is 11.5 Å². The molecule has 5 heteroatoms. The molecule has 1 atom stereocenters. The third-order valence-corrected chi connectivity index (χ3v) is 3.98. The van der Waals surface area contributed by atoms with Crippen LogP contribution in [0, 0.1) is 5.82 Å². The van der Waals surface area contributed by atoms with Gasteiger partial charge in [-0.25, -0.2) is 9.37 Å². The highest BCUT2D eigenvalue weighted by Crippen LogP contribution is 2.28. The molecule has 0 bridgehead atoms. The topological polar surface area (TPSA) is 24.9 Å². The normalized spacial score (nSPS) is 12.6. The maximum atomic E-state index is 14.0. The molecule has 2 aromatic rings. The van der Waals surface area contributed by atoms with Gasteiger partial charge in [0.1, 0.15) is 5.82 Å². The number of aromatic nitrogens is 1. The lowest BCUT2D eigenvalue weighted by Gasteiger charge is -2.19. The summed E-state index contributed by atoms with van der Waals surface area (Å²) >= 11 is 7.72. The van der Waals surface area contributed by atoms with E-state index in [0.29, 0.717) is 17.0 Å². The van der Waals surface area contributed by atoms with Gasteiger partial charge in [0.25, 0.3) is 0 Å². The average molecular weight is 299 g/mol. The maximum absolute atomic E-state index is 14.0. The summed E-state index contributed by atoms with van der Waals surface area (Å²) < 4.78 is 14.0. The Balaban J connectivity index is 2.26. The van der Waals surface area contributed by atoms with Crippen molar-refractivity contribution in [1.29, 1.82) is 0 Å². The summed E-state index contributed by atoms with van der Waals surface area (Å²) in [6, 6.07) is 4.66. The van der Waals surface area contributed by atoms with E-state index in [9.17, 15) is 4.39 Å². The molecule has 0 aliphatic carbocycles. The maximum Gasteiger partial charge on any atom is 0.129 e. The summed E-state index contributed by atoms with van der Waals surface area (Å²) in [7, 11) is 0. The number of rotatable bonds is 6. The van der Waals surface area contributed by atoms with Crippen molar-refractivity contribution in [2.45, 2.75) is 25.8 Å². The summed E-state index contributed by atoms with van der Waals surface area (Å²) in [5, 5.41) is 6.72. The molecule has 1 aromatic carbocycles. The second-order valence-corrected chi connectivity index (χ2v) is 5.66. The third-order valence-electron chi connectivity index (χ3n) is 2.85. The average Bonchev–Trinajstić information content (AvgIpc) is 2.88. The molecule has 1 heterocycles. The van der Waals surface area contributed by atoms with Crippen molar-refractivity contribution >= 4 is 22.9 Å². The van der Waals surface area contributed by atoms with Crippen LogP contribution in [-0.2, 0) is 6.42 Å². The van der Waals surface area contributed by atoms with E-state index in [1.165, 1.54) is 6.07 Å². The van der Waals surface area contributed by atoms with Gasteiger partial charge in [-0.15, -0.1) is 11.3 Å². The number of hydrogen-bond acceptors (Lipinski definition) is 3. The van der Waals surface area contributed by atoms with E-state index in [0.717, 1.165) is 18.0 Å². The summed E-state index contributed by atoms with van der Waals surface area (Å²) in [6.07, 6.45) is 3.40. The summed E-state index contributed by atoms with van der Waals surface area (Å²) in [5.74, 6) is -0.266. The van der Waals surface area contributed by atoms with Gasteiger partial charge in [0.05, 0.1) is 5.01 Å². The third kappa shape index (κ3) is 3.75. The van der Waals surface area contributed by atoms with Gasteiger partial charge < -0.3 is 5.32 Å². The van der Waals surface area contributed by atoms with Crippen molar-refractivity contribution in [2.75, 3.05) is 6.54 Å². The van der Waals surface area contributed by atoms with E-state index in [2.05, 4.69) is 17.2 Å². The van der Waals surface area contributed by atoms with Crippen molar-refractivity contribution in [2.24, 2.45) is 0 Å². The van der Waals surface area contributed by atoms with Gasteiger partial charge >= 0.3 is 0 Å². The minimum Gasteiger partial charge on any atom is -0.309 e. The molecule has 0 fully saturated rings. The minimum atomic E-state index is -0.266. The molecule has 2 nitrogen and oxygen atoms in total. The number of hydrogen-bond donors (Lipinski definition) is 1. The first-order chi connectivity index (χ1) is 9.22. The van der Waals surface area contributed by atoms with Crippen LogP contribution in [0.5, 0.6) is 0 Å². The number of benzene rings is 1. The Kier molecular flexibility index (Phi) is 5.31. The number of thiazole rings is 1. The van der Waals surface area contributed by atoms with E-state index < -0.39 is 0 Å². The Morgan fingerprint density at radius 2 is 2.32 bits per heavy atom. The number of nitrogens with zero attached hydrogens (tertiary/aromatic N) is 1. The summed E-state index contributed by atoms with van der Waals surface area (Å²) in [5.41, 5.74) is 0.535. The summed E-state index contributed by atoms with van der Waals surface area (Å²) in [6.45, 7) is 2.90. The first kappa shape index (κ1) is 14.4. The van der Waals surface area contributed by atoms with Crippen molar-refractivity contribution in [1.82, 2.24) is 10.3 Å². The zero-order chi connectivity index (χ0) is 13.7. The quantitative estimate of drug-likeness (QED) is 0.864. The Morgan fingerprint density at radius 1 is 1.47 bits per heavy atom. The molecule has 0 aliphatic heterocycles. The molecule has 0 saturated carbocycles. The van der Waals surface area contributed by atoms with E-state index >= 15 is 0 Å². The molecule has 0 aliphatic rings. The predicted octanol–water partition coefficient (Wildman–Crippen LogP) is 4.22. The lowest BCUT2D eigenvalue weighted by atomic mass is 10.0. The van der Waals surface area contributed by atoms with Crippen molar-refractivity contribution in [3.8, 4) is 0 Å². The molecule has 0 spiro atoms. The van der Waals surface area contributed by atoms with Crippen LogP contribution < -0.4 is 5.32 Å². The van der Waals surface area contributed by atoms with Crippen LogP contribution >= 0.6 is 22.9 Å². The molecule has 1 unspecified atom stereocenters. The van der Waals surface area contributed by atoms with E-state index in [4.69, 9.17) is 11.6 Å². The van der Waals surface area contributed by atoms with Crippen LogP contribution in [0.15, 0.2) is 29.8 Å². The van der Waals surface area contributed by atoms with E-state index in [-0.39, 0.29) is 11.9 Å². The molecule has 2 rings (SSSR count). The number of halogens is 2. The first-order valence-corrected chi connectivity index (χ1v) is 7.53. The fourth-order valence-electron chi connectivity index (χ4n) is 1.97. The fraction of sp³-hybridized carbons (Fsp3) is 0.357. The van der Waals surface area contributed by atoms with Crippen molar-refractivity contribution < 1.29 is 4.39 Å². The standard InChI is InChI=1S/C14H16ClFN2S/c1-2-6-17-12(9-13-18-7-8-19-13)14-10(15)4-3-5-11(14)16/h3-5,7-8,12,17H,2,6,9H2,1H3. The molecule has 1 N–H and O–H groups in total. The smallest absolute Gasteiger partial charge is 0.129 e. The predicted molar refractivity (Wildman–Crippen MR) is 78.3 cm³/mol. The van der Waals surface area contributed by atoms with Gasteiger partial charge in [-0.3, -0.25) is 0 Å². The van der Waals surface area contributed by atoms with Crippen molar-refractivity contribution in [3.05, 3.63) is 51.2 Å². The minimum absolute atomic E-state index is 0.139. The molecule has 0 amide bonds. The van der Waals surface area contributed by atoms with Crippen LogP contribution in [0.1, 0.15) is 30.0 Å². The second-order valence-electron chi connectivity index (χ2n) is 4.27. The Labute approximate surface area is 121 Å². The Bertz CT molecular complexity index is 496. The van der Waals surface area contributed by atoms with Crippen LogP contribution in [0.3, 0.4) is 0 Å². The highest BCUT2D eigenvalue weighted by Gasteiger charge is 2.19. The molecular weight excluding hydrogens is 283 g/mol. The van der Waals surface area contributed by atoms with Crippen LogP contribution in [0.25, 0.3) is 0 Å². The molecule has 102 valence electrons. The highest BCUT2D eigenvalue weighted by molar-refractivity contribution is 7.09. The van der Waals surface area contributed by atoms with Crippen LogP contribution in [0.2, 0.25) is 5.02 Å². The fourth-order valence-corrected chi connectivity index (χ4v) is 2.92. The Morgan fingerprint density at radius 3 is 2.95 bits per heavy atom. The SMILES string of the molecule is CCCNC(Cc1nccs1)c1c(F)cccc1Cl. The molecule has 19 heavy (non-hydrogen) atoms. The van der Waals surface area contributed by atoms with Gasteiger partial charge in [-0.2, -0.15) is 0 Å². The van der Waals surface area contributed by atoms with E-state index in [1.54, 1.807) is 29.7 Å². The van der Waals surface area contributed by atoms with Gasteiger partial charge in [0.15, 0.2) is 0 Å². The largest absolute Gasteiger partial charge is 0.309 e. The van der Waals surface area contributed by atoms with Crippen LogP contribution in [0.4, 0.5) is 4.39 Å². The van der Waals surface area contributed by atoms with Gasteiger partial charge in [-0.05, 0) is 25.1 Å². The molecule has 0 saturated heterocycles. The van der Waals surface area contributed by atoms with Gasteiger partial charge in [0, 0.05) is 34.6 Å². The highest BCUT2D eigenvalue weighted by atomic mass is 35.5. The lowest BCUT2D eigenvalue weighted by Crippen LogP contribution is -2.25. The molecular formula is C14H16ClFN2S. The first-order valence-electron chi connectivity index (χ1n) is 6.28. The molecule has 1 aromatic heterocycles. The van der Waals surface area contributed by atoms with E-state index in [1.807, 2.05) is 5.38 Å². The monoisotopic (exact) mass is 298 g/mol. The zero-order valence-electron chi connectivity index (χ0n) is 10.7. The lowest BCUT2D eigenvalue weighted by molar-refractivity contribution is 0.496. The van der Waals surface area contributed by atoms with Gasteiger partial charge in [0.2, 0.25) is 0 Å². The van der Waals surface area contributed by atoms with Crippen molar-refractivity contribution in [3.63, 3.8) is 0 Å². The second kappa shape index (κ2) is 6.98. The van der Waals surface area contributed by atoms with Gasteiger partial charge in [-0.1, -0.05) is 24.6 Å². The molecule has 0 radical (unpaired) electrons. The summed E-state index contributed by atoms with van der Waals surface area (Å²) in [4.78, 5) is 4.26. The zero-order valence-corrected chi connectivity index (χ0v) is 12.3.